The molecule has 0 aliphatic rings. The van der Waals surface area contributed by atoms with Crippen molar-refractivity contribution in [2.45, 2.75) is 12.8 Å². The van der Waals surface area contributed by atoms with Crippen LogP contribution in [0.15, 0.2) is 36.7 Å². The summed E-state index contributed by atoms with van der Waals surface area (Å²) in [5.41, 5.74) is 1.45. The zero-order valence-electron chi connectivity index (χ0n) is 10.2. The van der Waals surface area contributed by atoms with Gasteiger partial charge in [-0.1, -0.05) is 23.7 Å². The lowest BCUT2D eigenvalue weighted by molar-refractivity contribution is 0.0903. The Bertz CT molecular complexity index is 570. The molecule has 19 heavy (non-hydrogen) atoms. The summed E-state index contributed by atoms with van der Waals surface area (Å²) in [7, 11) is 0. The minimum atomic E-state index is -0.523. The summed E-state index contributed by atoms with van der Waals surface area (Å²) in [4.78, 5) is 19.4. The number of aromatic nitrogens is 2. The smallest absolute Gasteiger partial charge is 0.191 e. The molecule has 0 aliphatic heterocycles. The van der Waals surface area contributed by atoms with Crippen LogP contribution in [0.25, 0.3) is 0 Å². The van der Waals surface area contributed by atoms with Crippen molar-refractivity contribution in [3.63, 3.8) is 0 Å². The minimum absolute atomic E-state index is 0.328. The van der Waals surface area contributed by atoms with Crippen molar-refractivity contribution in [1.29, 1.82) is 0 Å². The van der Waals surface area contributed by atoms with Gasteiger partial charge in [0, 0.05) is 23.8 Å². The average molecular weight is 277 g/mol. The monoisotopic (exact) mass is 276 g/mol. The minimum Gasteiger partial charge on any atom is -0.388 e. The molecule has 0 bridgehead atoms. The Morgan fingerprint density at radius 1 is 1.21 bits per heavy atom. The van der Waals surface area contributed by atoms with Crippen molar-refractivity contribution in [3.05, 3.63) is 58.6 Å². The Balaban J connectivity index is 1.98. The van der Waals surface area contributed by atoms with Crippen molar-refractivity contribution >= 4 is 17.4 Å². The number of carbonyl (C=O) groups excluding carboxylic acids is 1. The number of halogens is 1. The molecule has 1 heterocycles. The molecule has 0 radical (unpaired) electrons. The standard InChI is InChI=1S/C14H13ClN2O2/c15-12-3-1-2-10(6-12)4-5-14-16-7-11(8-17-14)13(19)9-18/h1-3,6-8,18H,4-5,9H2. The zero-order chi connectivity index (χ0) is 13.7. The molecule has 0 saturated heterocycles. The van der Waals surface area contributed by atoms with Crippen LogP contribution >= 0.6 is 11.6 Å². The number of hydrogen-bond donors (Lipinski definition) is 1. The molecule has 0 atom stereocenters. The van der Waals surface area contributed by atoms with Gasteiger partial charge in [0.1, 0.15) is 12.4 Å². The Kier molecular flexibility index (Phi) is 4.60. The summed E-state index contributed by atoms with van der Waals surface area (Å²) >= 11 is 5.91. The topological polar surface area (TPSA) is 63.1 Å². The molecule has 2 rings (SSSR count). The van der Waals surface area contributed by atoms with Crippen LogP contribution in [-0.4, -0.2) is 27.5 Å². The maximum Gasteiger partial charge on any atom is 0.191 e. The third-order valence-corrected chi connectivity index (χ3v) is 2.93. The third-order valence-electron chi connectivity index (χ3n) is 2.70. The van der Waals surface area contributed by atoms with E-state index in [1.165, 1.54) is 12.4 Å². The molecule has 0 aliphatic carbocycles. The molecule has 2 aromatic rings. The first-order chi connectivity index (χ1) is 9.19. The van der Waals surface area contributed by atoms with Crippen molar-refractivity contribution < 1.29 is 9.90 Å². The molecular formula is C14H13ClN2O2. The quantitative estimate of drug-likeness (QED) is 0.850. The SMILES string of the molecule is O=C(CO)c1cnc(CCc2cccc(Cl)c2)nc1. The number of carbonyl (C=O) groups is 1. The second kappa shape index (κ2) is 6.41. The van der Waals surface area contributed by atoms with Gasteiger partial charge in [0.25, 0.3) is 0 Å². The number of rotatable bonds is 5. The Morgan fingerprint density at radius 3 is 2.58 bits per heavy atom. The maximum absolute atomic E-state index is 11.2. The first-order valence-electron chi connectivity index (χ1n) is 5.88. The van der Waals surface area contributed by atoms with Crippen molar-refractivity contribution in [1.82, 2.24) is 9.97 Å². The highest BCUT2D eigenvalue weighted by Gasteiger charge is 2.05. The summed E-state index contributed by atoms with van der Waals surface area (Å²) in [5.74, 6) is 0.288. The van der Waals surface area contributed by atoms with Gasteiger partial charge in [-0.25, -0.2) is 9.97 Å². The highest BCUT2D eigenvalue weighted by molar-refractivity contribution is 6.30. The summed E-state index contributed by atoms with van der Waals surface area (Å²) in [6.07, 6.45) is 4.35. The second-order valence-corrected chi connectivity index (χ2v) is 4.54. The van der Waals surface area contributed by atoms with Gasteiger partial charge in [-0.3, -0.25) is 4.79 Å². The van der Waals surface area contributed by atoms with Gasteiger partial charge in [0.05, 0.1) is 5.56 Å². The lowest BCUT2D eigenvalue weighted by atomic mass is 10.1. The fourth-order valence-electron chi connectivity index (χ4n) is 1.67. The van der Waals surface area contributed by atoms with Gasteiger partial charge in [-0.05, 0) is 24.1 Å². The van der Waals surface area contributed by atoms with E-state index in [1.807, 2.05) is 24.3 Å². The molecule has 0 spiro atoms. The molecule has 0 unspecified atom stereocenters. The number of aliphatic hydroxyl groups excluding tert-OH is 1. The summed E-state index contributed by atoms with van der Waals surface area (Å²) < 4.78 is 0. The molecule has 5 heteroatoms. The van der Waals surface area contributed by atoms with Crippen LogP contribution in [0.4, 0.5) is 0 Å². The molecule has 0 saturated carbocycles. The van der Waals surface area contributed by atoms with Gasteiger partial charge >= 0.3 is 0 Å². The number of hydrogen-bond acceptors (Lipinski definition) is 4. The van der Waals surface area contributed by atoms with Crippen LogP contribution in [0.3, 0.4) is 0 Å². The van der Waals surface area contributed by atoms with Crippen LogP contribution < -0.4 is 0 Å². The summed E-state index contributed by atoms with van der Waals surface area (Å²) in [6.45, 7) is -0.523. The van der Waals surface area contributed by atoms with E-state index in [0.29, 0.717) is 22.8 Å². The number of ketones is 1. The van der Waals surface area contributed by atoms with E-state index < -0.39 is 6.61 Å². The Hall–Kier alpha value is -1.78. The van der Waals surface area contributed by atoms with E-state index in [1.54, 1.807) is 0 Å². The number of benzene rings is 1. The predicted octanol–water partition coefficient (Wildman–Crippen LogP) is 2.09. The van der Waals surface area contributed by atoms with E-state index in [2.05, 4.69) is 9.97 Å². The Labute approximate surface area is 116 Å². The molecule has 98 valence electrons. The fraction of sp³-hybridized carbons (Fsp3) is 0.214. The maximum atomic E-state index is 11.2. The normalized spacial score (nSPS) is 10.4. The largest absolute Gasteiger partial charge is 0.388 e. The van der Waals surface area contributed by atoms with E-state index in [9.17, 15) is 4.79 Å². The number of Topliss-reactive ketones (excluding diaryl/α,β-unsaturated/α-hetero) is 1. The lowest BCUT2D eigenvalue weighted by Gasteiger charge is -2.02. The predicted molar refractivity (Wildman–Crippen MR) is 72.3 cm³/mol. The van der Waals surface area contributed by atoms with Gasteiger partial charge in [0.2, 0.25) is 0 Å². The number of aliphatic hydroxyl groups is 1. The van der Waals surface area contributed by atoms with Crippen molar-refractivity contribution in [2.75, 3.05) is 6.61 Å². The molecule has 1 aromatic carbocycles. The van der Waals surface area contributed by atoms with Gasteiger partial charge < -0.3 is 5.11 Å². The second-order valence-electron chi connectivity index (χ2n) is 4.10. The van der Waals surface area contributed by atoms with Gasteiger partial charge in [-0.2, -0.15) is 0 Å². The van der Waals surface area contributed by atoms with E-state index >= 15 is 0 Å². The number of aryl methyl sites for hydroxylation is 2. The summed E-state index contributed by atoms with van der Waals surface area (Å²) in [5, 5.41) is 9.43. The van der Waals surface area contributed by atoms with Crippen LogP contribution in [-0.2, 0) is 12.8 Å². The first-order valence-corrected chi connectivity index (χ1v) is 6.26. The van der Waals surface area contributed by atoms with Crippen LogP contribution in [0.2, 0.25) is 5.02 Å². The molecule has 4 nitrogen and oxygen atoms in total. The molecular weight excluding hydrogens is 264 g/mol. The van der Waals surface area contributed by atoms with Crippen LogP contribution in [0.5, 0.6) is 0 Å². The van der Waals surface area contributed by atoms with E-state index in [-0.39, 0.29) is 5.78 Å². The molecule has 1 aromatic heterocycles. The molecule has 1 N–H and O–H groups in total. The van der Waals surface area contributed by atoms with E-state index in [4.69, 9.17) is 16.7 Å². The van der Waals surface area contributed by atoms with Crippen LogP contribution in [0.1, 0.15) is 21.7 Å². The zero-order valence-corrected chi connectivity index (χ0v) is 11.0. The highest BCUT2D eigenvalue weighted by Crippen LogP contribution is 2.12. The first kappa shape index (κ1) is 13.6. The summed E-state index contributed by atoms with van der Waals surface area (Å²) in [6, 6.07) is 7.64. The fourth-order valence-corrected chi connectivity index (χ4v) is 1.88. The van der Waals surface area contributed by atoms with Crippen molar-refractivity contribution in [3.8, 4) is 0 Å². The third kappa shape index (κ3) is 3.84. The molecule has 0 fully saturated rings. The van der Waals surface area contributed by atoms with Crippen LogP contribution in [0, 0.1) is 0 Å². The lowest BCUT2D eigenvalue weighted by Crippen LogP contribution is -2.07. The van der Waals surface area contributed by atoms with Crippen molar-refractivity contribution in [2.24, 2.45) is 0 Å². The highest BCUT2D eigenvalue weighted by atomic mass is 35.5. The van der Waals surface area contributed by atoms with Gasteiger partial charge in [-0.15, -0.1) is 0 Å². The molecule has 0 amide bonds. The van der Waals surface area contributed by atoms with E-state index in [0.717, 1.165) is 12.0 Å². The van der Waals surface area contributed by atoms with Gasteiger partial charge in [0.15, 0.2) is 5.78 Å². The number of nitrogens with zero attached hydrogens (tertiary/aromatic N) is 2. The Morgan fingerprint density at radius 2 is 1.95 bits per heavy atom. The average Bonchev–Trinajstić information content (AvgIpc) is 2.45.